The smallest absolute Gasteiger partial charge is 0.367 e. The number of hydrogen-bond acceptors (Lipinski definition) is 4. The Morgan fingerprint density at radius 2 is 1.66 bits per heavy atom. The van der Waals surface area contributed by atoms with Gasteiger partial charge in [0.25, 0.3) is 5.91 Å². The summed E-state index contributed by atoms with van der Waals surface area (Å²) in [6.07, 6.45) is -4.87. The zero-order chi connectivity index (χ0) is 23.5. The van der Waals surface area contributed by atoms with E-state index in [0.29, 0.717) is 22.0 Å². The molecule has 0 bridgehead atoms. The monoisotopic (exact) mass is 484 g/mol. The van der Waals surface area contributed by atoms with Gasteiger partial charge < -0.3 is 15.1 Å². The minimum atomic E-state index is -4.87. The van der Waals surface area contributed by atoms with E-state index in [-0.39, 0.29) is 37.2 Å². The molecule has 1 saturated heterocycles. The third-order valence-electron chi connectivity index (χ3n) is 4.90. The first-order valence-electron chi connectivity index (χ1n) is 9.64. The highest BCUT2D eigenvalue weighted by molar-refractivity contribution is 7.80. The van der Waals surface area contributed by atoms with Gasteiger partial charge in [0.2, 0.25) is 0 Å². The number of carbonyl (C=O) groups is 2. The maximum Gasteiger partial charge on any atom is 0.471 e. The maximum absolute atomic E-state index is 12.6. The summed E-state index contributed by atoms with van der Waals surface area (Å²) in [5, 5.41) is 5.93. The van der Waals surface area contributed by atoms with Crippen molar-refractivity contribution in [3.63, 3.8) is 0 Å². The van der Waals surface area contributed by atoms with Crippen LogP contribution in [0.15, 0.2) is 42.5 Å². The molecule has 2 aromatic carbocycles. The van der Waals surface area contributed by atoms with Crippen molar-refractivity contribution in [2.24, 2.45) is 0 Å². The third kappa shape index (κ3) is 5.89. The number of halogens is 4. The summed E-state index contributed by atoms with van der Waals surface area (Å²) in [6.45, 7) is 2.26. The van der Waals surface area contributed by atoms with E-state index in [1.54, 1.807) is 30.3 Å². The number of rotatable bonds is 3. The van der Waals surface area contributed by atoms with Crippen LogP contribution in [0.2, 0.25) is 5.02 Å². The fraction of sp³-hybridized carbons (Fsp3) is 0.286. The van der Waals surface area contributed by atoms with Gasteiger partial charge in [0.1, 0.15) is 0 Å². The van der Waals surface area contributed by atoms with Gasteiger partial charge in [-0.3, -0.25) is 14.9 Å². The highest BCUT2D eigenvalue weighted by Crippen LogP contribution is 2.30. The van der Waals surface area contributed by atoms with Gasteiger partial charge >= 0.3 is 12.1 Å². The minimum absolute atomic E-state index is 0.0518. The average molecular weight is 485 g/mol. The number of anilines is 2. The number of aryl methyl sites for hydroxylation is 1. The van der Waals surface area contributed by atoms with Crippen LogP contribution in [-0.4, -0.2) is 54.2 Å². The molecule has 0 aromatic heterocycles. The number of piperazine rings is 1. The Labute approximate surface area is 193 Å². The van der Waals surface area contributed by atoms with E-state index in [4.69, 9.17) is 23.8 Å². The average Bonchev–Trinajstić information content (AvgIpc) is 2.73. The Bertz CT molecular complexity index is 1020. The van der Waals surface area contributed by atoms with E-state index in [0.717, 1.165) is 10.5 Å². The number of benzene rings is 2. The Hall–Kier alpha value is -2.85. The molecule has 170 valence electrons. The van der Waals surface area contributed by atoms with Gasteiger partial charge in [-0.25, -0.2) is 0 Å². The molecule has 1 fully saturated rings. The molecular formula is C21H20ClF3N4O2S. The molecule has 0 aliphatic carbocycles. The SMILES string of the molecule is Cc1ccc(C(=O)NC(=S)Nc2ccc(N3CCN(C(=O)C(F)(F)F)CC3)c(Cl)c2)cc1. The second-order valence-electron chi connectivity index (χ2n) is 7.22. The highest BCUT2D eigenvalue weighted by atomic mass is 35.5. The standard InChI is InChI=1S/C21H20ClF3N4O2S/c1-13-2-4-14(5-3-13)18(30)27-20(32)26-15-6-7-17(16(22)12-15)28-8-10-29(11-9-28)19(31)21(23,24)25/h2-7,12H,8-11H2,1H3,(H2,26,27,30,32). The number of hydrogen-bond donors (Lipinski definition) is 2. The molecule has 0 spiro atoms. The van der Waals surface area contributed by atoms with Crippen LogP contribution in [0.5, 0.6) is 0 Å². The molecule has 11 heteroatoms. The van der Waals surface area contributed by atoms with Gasteiger partial charge in [0.15, 0.2) is 5.11 Å². The lowest BCUT2D eigenvalue weighted by Crippen LogP contribution is -2.52. The summed E-state index contributed by atoms with van der Waals surface area (Å²) in [6, 6.07) is 12.0. The lowest BCUT2D eigenvalue weighted by Gasteiger charge is -2.36. The topological polar surface area (TPSA) is 64.7 Å². The quantitative estimate of drug-likeness (QED) is 0.645. The van der Waals surface area contributed by atoms with Crippen LogP contribution >= 0.6 is 23.8 Å². The summed E-state index contributed by atoms with van der Waals surface area (Å²) in [5.74, 6) is -2.18. The van der Waals surface area contributed by atoms with Crippen LogP contribution in [0.25, 0.3) is 0 Å². The third-order valence-corrected chi connectivity index (χ3v) is 5.40. The van der Waals surface area contributed by atoms with Crippen molar-refractivity contribution in [2.45, 2.75) is 13.1 Å². The van der Waals surface area contributed by atoms with Gasteiger partial charge in [0, 0.05) is 37.4 Å². The number of nitrogens with one attached hydrogen (secondary N) is 2. The molecule has 0 saturated carbocycles. The summed E-state index contributed by atoms with van der Waals surface area (Å²) in [4.78, 5) is 26.2. The summed E-state index contributed by atoms with van der Waals surface area (Å²) in [5.41, 5.74) is 2.67. The lowest BCUT2D eigenvalue weighted by molar-refractivity contribution is -0.185. The van der Waals surface area contributed by atoms with E-state index in [9.17, 15) is 22.8 Å². The first-order valence-corrected chi connectivity index (χ1v) is 10.4. The Morgan fingerprint density at radius 3 is 2.22 bits per heavy atom. The van der Waals surface area contributed by atoms with E-state index in [1.165, 1.54) is 0 Å². The van der Waals surface area contributed by atoms with Gasteiger partial charge in [0.05, 0.1) is 10.7 Å². The van der Waals surface area contributed by atoms with E-state index in [2.05, 4.69) is 10.6 Å². The molecule has 3 rings (SSSR count). The van der Waals surface area contributed by atoms with Crippen molar-refractivity contribution >= 4 is 52.1 Å². The molecule has 1 heterocycles. The number of alkyl halides is 3. The predicted octanol–water partition coefficient (Wildman–Crippen LogP) is 3.99. The van der Waals surface area contributed by atoms with Crippen molar-refractivity contribution in [2.75, 3.05) is 36.4 Å². The van der Waals surface area contributed by atoms with E-state index in [1.807, 2.05) is 24.0 Å². The first kappa shape index (κ1) is 23.8. The summed E-state index contributed by atoms with van der Waals surface area (Å²) in [7, 11) is 0. The second-order valence-corrected chi connectivity index (χ2v) is 8.03. The predicted molar refractivity (Wildman–Crippen MR) is 121 cm³/mol. The maximum atomic E-state index is 12.6. The molecule has 2 aromatic rings. The van der Waals surface area contributed by atoms with Crippen molar-refractivity contribution in [3.8, 4) is 0 Å². The first-order chi connectivity index (χ1) is 15.0. The number of amides is 2. The number of nitrogens with zero attached hydrogens (tertiary/aromatic N) is 2. The zero-order valence-electron chi connectivity index (χ0n) is 17.0. The number of thiocarbonyl (C=S) groups is 1. The van der Waals surface area contributed by atoms with Crippen LogP contribution in [0, 0.1) is 6.92 Å². The molecule has 0 radical (unpaired) electrons. The van der Waals surface area contributed by atoms with Crippen LogP contribution in [-0.2, 0) is 4.79 Å². The molecule has 32 heavy (non-hydrogen) atoms. The van der Waals surface area contributed by atoms with Gasteiger partial charge in [-0.05, 0) is 49.5 Å². The van der Waals surface area contributed by atoms with Crippen molar-refractivity contribution in [3.05, 3.63) is 58.6 Å². The fourth-order valence-corrected chi connectivity index (χ4v) is 3.72. The molecule has 2 N–H and O–H groups in total. The molecule has 1 aliphatic heterocycles. The molecule has 6 nitrogen and oxygen atoms in total. The van der Waals surface area contributed by atoms with Gasteiger partial charge in [-0.1, -0.05) is 29.3 Å². The molecular weight excluding hydrogens is 465 g/mol. The van der Waals surface area contributed by atoms with Gasteiger partial charge in [-0.15, -0.1) is 0 Å². The second kappa shape index (κ2) is 9.74. The molecule has 0 atom stereocenters. The van der Waals surface area contributed by atoms with Crippen molar-refractivity contribution in [1.82, 2.24) is 10.2 Å². The van der Waals surface area contributed by atoms with E-state index < -0.39 is 12.1 Å². The van der Waals surface area contributed by atoms with Crippen LogP contribution in [0.3, 0.4) is 0 Å². The Kier molecular flexibility index (Phi) is 7.25. The minimum Gasteiger partial charge on any atom is -0.367 e. The Morgan fingerprint density at radius 1 is 1.03 bits per heavy atom. The summed E-state index contributed by atoms with van der Waals surface area (Å²) >= 11 is 11.5. The normalized spacial score (nSPS) is 14.2. The molecule has 0 unspecified atom stereocenters. The van der Waals surface area contributed by atoms with Crippen molar-refractivity contribution < 1.29 is 22.8 Å². The molecule has 1 aliphatic rings. The lowest BCUT2D eigenvalue weighted by atomic mass is 10.1. The van der Waals surface area contributed by atoms with E-state index >= 15 is 0 Å². The highest BCUT2D eigenvalue weighted by Gasteiger charge is 2.43. The Balaban J connectivity index is 1.57. The van der Waals surface area contributed by atoms with Crippen LogP contribution in [0.4, 0.5) is 24.5 Å². The van der Waals surface area contributed by atoms with Crippen LogP contribution < -0.4 is 15.5 Å². The number of carbonyl (C=O) groups excluding carboxylic acids is 2. The zero-order valence-corrected chi connectivity index (χ0v) is 18.6. The molecule has 2 amide bonds. The van der Waals surface area contributed by atoms with Crippen LogP contribution in [0.1, 0.15) is 15.9 Å². The fourth-order valence-electron chi connectivity index (χ4n) is 3.21. The van der Waals surface area contributed by atoms with Gasteiger partial charge in [-0.2, -0.15) is 13.2 Å². The summed E-state index contributed by atoms with van der Waals surface area (Å²) < 4.78 is 37.8. The largest absolute Gasteiger partial charge is 0.471 e. The van der Waals surface area contributed by atoms with Crippen molar-refractivity contribution in [1.29, 1.82) is 0 Å².